The number of halogens is 1. The van der Waals surface area contributed by atoms with Gasteiger partial charge in [-0.05, 0) is 24.8 Å². The van der Waals surface area contributed by atoms with Gasteiger partial charge in [-0.25, -0.2) is 0 Å². The van der Waals surface area contributed by atoms with Crippen molar-refractivity contribution >= 4 is 27.5 Å². The van der Waals surface area contributed by atoms with E-state index in [9.17, 15) is 20.0 Å². The molecule has 0 spiro atoms. The van der Waals surface area contributed by atoms with E-state index in [0.717, 1.165) is 6.42 Å². The highest BCUT2D eigenvalue weighted by atomic mass is 79.9. The number of carbonyl (C=O) groups excluding carboxylic acids is 1. The number of nitro groups is 1. The molecule has 1 saturated carbocycles. The molecule has 7 heteroatoms. The van der Waals surface area contributed by atoms with Gasteiger partial charge in [0.1, 0.15) is 0 Å². The summed E-state index contributed by atoms with van der Waals surface area (Å²) in [5.41, 5.74) is -0.0963. The number of nitro benzene ring substituents is 1. The molecule has 1 aliphatic rings. The Bertz CT molecular complexity index is 543. The molecular weight excluding hydrogens is 328 g/mol. The van der Waals surface area contributed by atoms with Crippen LogP contribution in [0.4, 0.5) is 5.69 Å². The van der Waals surface area contributed by atoms with E-state index in [1.165, 1.54) is 12.1 Å². The van der Waals surface area contributed by atoms with Crippen LogP contribution in [0.15, 0.2) is 22.7 Å². The quantitative estimate of drug-likeness (QED) is 0.631. The summed E-state index contributed by atoms with van der Waals surface area (Å²) in [6.45, 7) is 0.260. The maximum atomic E-state index is 11.8. The Hall–Kier alpha value is -1.47. The Labute approximate surface area is 124 Å². The van der Waals surface area contributed by atoms with E-state index >= 15 is 0 Å². The molecule has 0 aromatic heterocycles. The minimum atomic E-state index is -0.748. The average molecular weight is 343 g/mol. The highest BCUT2D eigenvalue weighted by Gasteiger charge is 2.34. The summed E-state index contributed by atoms with van der Waals surface area (Å²) in [6, 6.07) is 4.30. The second-order valence-corrected chi connectivity index (χ2v) is 5.92. The van der Waals surface area contributed by atoms with E-state index in [2.05, 4.69) is 21.2 Å². The standard InChI is InChI=1S/C13H15BrN2O4/c14-11-7-10(16(19)20)3-2-9(11)6-12(17)15-8-13(18)4-1-5-13/h2-3,7,18H,1,4-6,8H2,(H,15,17). The van der Waals surface area contributed by atoms with Crippen molar-refractivity contribution < 1.29 is 14.8 Å². The summed E-state index contributed by atoms with van der Waals surface area (Å²) in [6.07, 6.45) is 2.54. The molecule has 1 fully saturated rings. The van der Waals surface area contributed by atoms with Crippen LogP contribution in [0.2, 0.25) is 0 Å². The number of non-ortho nitro benzene ring substituents is 1. The van der Waals surface area contributed by atoms with Crippen LogP contribution in [0.3, 0.4) is 0 Å². The lowest BCUT2D eigenvalue weighted by molar-refractivity contribution is -0.384. The molecule has 2 rings (SSSR count). The molecular formula is C13H15BrN2O4. The summed E-state index contributed by atoms with van der Waals surface area (Å²) >= 11 is 3.23. The normalized spacial score (nSPS) is 16.3. The number of nitrogens with one attached hydrogen (secondary N) is 1. The first kappa shape index (κ1) is 14.9. The van der Waals surface area contributed by atoms with Crippen LogP contribution in [0, 0.1) is 10.1 Å². The van der Waals surface area contributed by atoms with Gasteiger partial charge in [-0.3, -0.25) is 14.9 Å². The summed E-state index contributed by atoms with van der Waals surface area (Å²) in [5.74, 6) is -0.208. The molecule has 0 unspecified atom stereocenters. The van der Waals surface area contributed by atoms with Crippen molar-refractivity contribution in [3.63, 3.8) is 0 Å². The second-order valence-electron chi connectivity index (χ2n) is 5.06. The van der Waals surface area contributed by atoms with E-state index in [1.54, 1.807) is 6.07 Å². The molecule has 0 aliphatic heterocycles. The fraction of sp³-hybridized carbons (Fsp3) is 0.462. The molecule has 2 N–H and O–H groups in total. The first-order valence-electron chi connectivity index (χ1n) is 6.31. The molecule has 1 aliphatic carbocycles. The first-order chi connectivity index (χ1) is 9.39. The molecule has 0 atom stereocenters. The minimum Gasteiger partial charge on any atom is -0.388 e. The highest BCUT2D eigenvalue weighted by Crippen LogP contribution is 2.30. The Balaban J connectivity index is 1.92. The molecule has 1 aromatic rings. The van der Waals surface area contributed by atoms with Crippen molar-refractivity contribution in [2.75, 3.05) is 6.54 Å². The molecule has 0 heterocycles. The van der Waals surface area contributed by atoms with Gasteiger partial charge in [0, 0.05) is 23.2 Å². The summed E-state index contributed by atoms with van der Waals surface area (Å²) < 4.78 is 0.532. The zero-order chi connectivity index (χ0) is 14.8. The highest BCUT2D eigenvalue weighted by molar-refractivity contribution is 9.10. The lowest BCUT2D eigenvalue weighted by Gasteiger charge is -2.36. The van der Waals surface area contributed by atoms with Gasteiger partial charge in [-0.15, -0.1) is 0 Å². The van der Waals surface area contributed by atoms with Crippen LogP contribution in [0.5, 0.6) is 0 Å². The summed E-state index contributed by atoms with van der Waals surface area (Å²) in [7, 11) is 0. The predicted octanol–water partition coefficient (Wildman–Crippen LogP) is 1.93. The third-order valence-electron chi connectivity index (χ3n) is 3.50. The Morgan fingerprint density at radius 1 is 1.50 bits per heavy atom. The Morgan fingerprint density at radius 2 is 2.20 bits per heavy atom. The van der Waals surface area contributed by atoms with Crippen molar-refractivity contribution in [2.45, 2.75) is 31.3 Å². The number of hydrogen-bond acceptors (Lipinski definition) is 4. The third-order valence-corrected chi connectivity index (χ3v) is 4.24. The van der Waals surface area contributed by atoms with E-state index in [1.807, 2.05) is 0 Å². The van der Waals surface area contributed by atoms with Crippen LogP contribution in [-0.4, -0.2) is 28.1 Å². The van der Waals surface area contributed by atoms with Crippen molar-refractivity contribution in [1.29, 1.82) is 0 Å². The first-order valence-corrected chi connectivity index (χ1v) is 7.11. The topological polar surface area (TPSA) is 92.5 Å². The van der Waals surface area contributed by atoms with E-state index in [0.29, 0.717) is 22.9 Å². The second kappa shape index (κ2) is 5.88. The van der Waals surface area contributed by atoms with Gasteiger partial charge in [0.25, 0.3) is 5.69 Å². The van der Waals surface area contributed by atoms with Gasteiger partial charge in [0.15, 0.2) is 0 Å². The fourth-order valence-electron chi connectivity index (χ4n) is 2.05. The minimum absolute atomic E-state index is 0.0233. The molecule has 108 valence electrons. The Morgan fingerprint density at radius 3 is 2.70 bits per heavy atom. The van der Waals surface area contributed by atoms with E-state index < -0.39 is 10.5 Å². The van der Waals surface area contributed by atoms with E-state index in [4.69, 9.17) is 0 Å². The van der Waals surface area contributed by atoms with Crippen molar-refractivity contribution in [2.24, 2.45) is 0 Å². The number of nitrogens with zero attached hydrogens (tertiary/aromatic N) is 1. The van der Waals surface area contributed by atoms with E-state index in [-0.39, 0.29) is 24.6 Å². The maximum Gasteiger partial charge on any atom is 0.270 e. The van der Waals surface area contributed by atoms with Gasteiger partial charge >= 0.3 is 0 Å². The molecule has 1 amide bonds. The maximum absolute atomic E-state index is 11.8. The van der Waals surface area contributed by atoms with Crippen molar-refractivity contribution in [3.05, 3.63) is 38.3 Å². The summed E-state index contributed by atoms with van der Waals surface area (Å²) in [5, 5.41) is 23.2. The largest absolute Gasteiger partial charge is 0.388 e. The van der Waals surface area contributed by atoms with Crippen molar-refractivity contribution in [1.82, 2.24) is 5.32 Å². The SMILES string of the molecule is O=C(Cc1ccc([N+](=O)[O-])cc1Br)NCC1(O)CCC1. The Kier molecular flexibility index (Phi) is 4.39. The molecule has 6 nitrogen and oxygen atoms in total. The molecule has 0 radical (unpaired) electrons. The van der Waals surface area contributed by atoms with Crippen LogP contribution in [0.25, 0.3) is 0 Å². The third kappa shape index (κ3) is 3.55. The van der Waals surface area contributed by atoms with Gasteiger partial charge in [0.2, 0.25) is 5.91 Å². The van der Waals surface area contributed by atoms with Crippen molar-refractivity contribution in [3.8, 4) is 0 Å². The number of aliphatic hydroxyl groups is 1. The molecule has 0 bridgehead atoms. The van der Waals surface area contributed by atoms with Gasteiger partial charge in [0.05, 0.1) is 16.9 Å². The average Bonchev–Trinajstić information content (AvgIpc) is 2.36. The smallest absolute Gasteiger partial charge is 0.270 e. The van der Waals surface area contributed by atoms with Crippen LogP contribution >= 0.6 is 15.9 Å². The van der Waals surface area contributed by atoms with Crippen LogP contribution in [-0.2, 0) is 11.2 Å². The number of benzene rings is 1. The predicted molar refractivity (Wildman–Crippen MR) is 76.3 cm³/mol. The fourth-order valence-corrected chi connectivity index (χ4v) is 2.56. The molecule has 1 aromatic carbocycles. The van der Waals surface area contributed by atoms with Crippen LogP contribution in [0.1, 0.15) is 24.8 Å². The zero-order valence-electron chi connectivity index (χ0n) is 10.8. The number of amides is 1. The molecule has 0 saturated heterocycles. The number of carbonyl (C=O) groups is 1. The zero-order valence-corrected chi connectivity index (χ0v) is 12.4. The van der Waals surface area contributed by atoms with Gasteiger partial charge in [-0.2, -0.15) is 0 Å². The van der Waals surface area contributed by atoms with Crippen LogP contribution < -0.4 is 5.32 Å². The molecule has 20 heavy (non-hydrogen) atoms. The monoisotopic (exact) mass is 342 g/mol. The lowest BCUT2D eigenvalue weighted by Crippen LogP contribution is -2.48. The summed E-state index contributed by atoms with van der Waals surface area (Å²) in [4.78, 5) is 21.9. The number of hydrogen-bond donors (Lipinski definition) is 2. The number of rotatable bonds is 5. The van der Waals surface area contributed by atoms with Gasteiger partial charge in [-0.1, -0.05) is 22.0 Å². The lowest BCUT2D eigenvalue weighted by atomic mass is 9.80. The van der Waals surface area contributed by atoms with Gasteiger partial charge < -0.3 is 10.4 Å².